The Bertz CT molecular complexity index is 776. The molecule has 2 N–H and O–H groups in total. The topological polar surface area (TPSA) is 69.6 Å². The van der Waals surface area contributed by atoms with Gasteiger partial charge >= 0.3 is 0 Å². The zero-order valence-corrected chi connectivity index (χ0v) is 12.1. The summed E-state index contributed by atoms with van der Waals surface area (Å²) in [5, 5.41) is 0. The molecule has 0 spiro atoms. The molecule has 21 heavy (non-hydrogen) atoms. The first-order chi connectivity index (χ1) is 10.1. The minimum atomic E-state index is 0.496. The fraction of sp³-hybridized carbons (Fsp3) is 0.188. The molecule has 0 aromatic carbocycles. The smallest absolute Gasteiger partial charge is 0.140 e. The summed E-state index contributed by atoms with van der Waals surface area (Å²) in [5.41, 5.74) is 10.2. The molecule has 0 unspecified atom stereocenters. The van der Waals surface area contributed by atoms with Crippen molar-refractivity contribution in [3.8, 4) is 11.4 Å². The summed E-state index contributed by atoms with van der Waals surface area (Å²) in [6.07, 6.45) is 7.38. The Kier molecular flexibility index (Phi) is 3.39. The number of imidazole rings is 1. The third-order valence-corrected chi connectivity index (χ3v) is 3.45. The Labute approximate surface area is 123 Å². The number of hydrogen-bond acceptors (Lipinski definition) is 4. The van der Waals surface area contributed by atoms with Gasteiger partial charge in [0.05, 0.1) is 6.54 Å². The first-order valence-electron chi connectivity index (χ1n) is 6.78. The first kappa shape index (κ1) is 13.3. The van der Waals surface area contributed by atoms with E-state index in [9.17, 15) is 0 Å². The normalized spacial score (nSPS) is 10.8. The van der Waals surface area contributed by atoms with Gasteiger partial charge in [0.1, 0.15) is 11.6 Å². The number of pyridine rings is 2. The lowest BCUT2D eigenvalue weighted by Crippen LogP contribution is -2.04. The second-order valence-electron chi connectivity index (χ2n) is 5.10. The van der Waals surface area contributed by atoms with Crippen LogP contribution < -0.4 is 5.73 Å². The van der Waals surface area contributed by atoms with Crippen LogP contribution in [0.15, 0.2) is 43.0 Å². The van der Waals surface area contributed by atoms with Crippen LogP contribution >= 0.6 is 0 Å². The second kappa shape index (κ2) is 5.36. The van der Waals surface area contributed by atoms with E-state index in [-0.39, 0.29) is 0 Å². The molecule has 0 atom stereocenters. The van der Waals surface area contributed by atoms with Crippen LogP contribution in [0.4, 0.5) is 5.82 Å². The quantitative estimate of drug-likeness (QED) is 0.800. The third kappa shape index (κ3) is 2.76. The van der Waals surface area contributed by atoms with Gasteiger partial charge in [0, 0.05) is 36.0 Å². The standard InChI is InChI=1S/C16H17N5/c1-11-7-12(2)20-9-14(11)10-21-6-5-19-16(21)13-3-4-18-15(17)8-13/h3-9H,10H2,1-2H3,(H2,17,18). The van der Waals surface area contributed by atoms with Crippen molar-refractivity contribution in [1.82, 2.24) is 19.5 Å². The molecule has 0 aliphatic carbocycles. The fourth-order valence-electron chi connectivity index (χ4n) is 2.36. The van der Waals surface area contributed by atoms with Gasteiger partial charge in [-0.1, -0.05) is 0 Å². The van der Waals surface area contributed by atoms with Crippen molar-refractivity contribution in [2.45, 2.75) is 20.4 Å². The summed E-state index contributed by atoms with van der Waals surface area (Å²) >= 11 is 0. The van der Waals surface area contributed by atoms with Crippen LogP contribution in [0.3, 0.4) is 0 Å². The molecule has 0 aliphatic heterocycles. The molecular weight excluding hydrogens is 262 g/mol. The summed E-state index contributed by atoms with van der Waals surface area (Å²) in [4.78, 5) is 12.8. The van der Waals surface area contributed by atoms with Crippen molar-refractivity contribution in [3.63, 3.8) is 0 Å². The molecule has 106 valence electrons. The van der Waals surface area contributed by atoms with Gasteiger partial charge in [-0.25, -0.2) is 9.97 Å². The molecule has 5 nitrogen and oxygen atoms in total. The maximum absolute atomic E-state index is 5.75. The third-order valence-electron chi connectivity index (χ3n) is 3.45. The number of nitrogen functional groups attached to an aromatic ring is 1. The zero-order chi connectivity index (χ0) is 14.8. The molecular formula is C16H17N5. The Hall–Kier alpha value is -2.69. The molecule has 0 aliphatic rings. The highest BCUT2D eigenvalue weighted by atomic mass is 15.1. The highest BCUT2D eigenvalue weighted by molar-refractivity contribution is 5.59. The minimum absolute atomic E-state index is 0.496. The lowest BCUT2D eigenvalue weighted by molar-refractivity contribution is 0.795. The van der Waals surface area contributed by atoms with Gasteiger partial charge in [-0.2, -0.15) is 0 Å². The van der Waals surface area contributed by atoms with Crippen molar-refractivity contribution < 1.29 is 0 Å². The highest BCUT2D eigenvalue weighted by Gasteiger charge is 2.08. The van der Waals surface area contributed by atoms with E-state index in [2.05, 4.69) is 32.5 Å². The molecule has 0 fully saturated rings. The predicted octanol–water partition coefficient (Wildman–Crippen LogP) is 2.59. The average molecular weight is 279 g/mol. The van der Waals surface area contributed by atoms with Crippen molar-refractivity contribution >= 4 is 5.82 Å². The maximum Gasteiger partial charge on any atom is 0.140 e. The zero-order valence-electron chi connectivity index (χ0n) is 12.1. The summed E-state index contributed by atoms with van der Waals surface area (Å²) in [5.74, 6) is 1.37. The average Bonchev–Trinajstić information content (AvgIpc) is 2.90. The Morgan fingerprint density at radius 1 is 1.10 bits per heavy atom. The lowest BCUT2D eigenvalue weighted by atomic mass is 10.1. The second-order valence-corrected chi connectivity index (χ2v) is 5.10. The monoisotopic (exact) mass is 279 g/mol. The Balaban J connectivity index is 1.96. The predicted molar refractivity (Wildman–Crippen MR) is 82.7 cm³/mol. The summed E-state index contributed by atoms with van der Waals surface area (Å²) in [7, 11) is 0. The van der Waals surface area contributed by atoms with Crippen LogP contribution in [0.1, 0.15) is 16.8 Å². The van der Waals surface area contributed by atoms with Gasteiger partial charge in [-0.3, -0.25) is 4.98 Å². The summed E-state index contributed by atoms with van der Waals surface area (Å²) in [6.45, 7) is 4.83. The van der Waals surface area contributed by atoms with Gasteiger partial charge in [0.25, 0.3) is 0 Å². The van der Waals surface area contributed by atoms with Crippen LogP contribution in [0, 0.1) is 13.8 Å². The maximum atomic E-state index is 5.75. The summed E-state index contributed by atoms with van der Waals surface area (Å²) in [6, 6.07) is 5.84. The molecule has 3 aromatic rings. The molecule has 0 radical (unpaired) electrons. The van der Waals surface area contributed by atoms with Gasteiger partial charge in [-0.15, -0.1) is 0 Å². The van der Waals surface area contributed by atoms with Crippen molar-refractivity contribution in [1.29, 1.82) is 0 Å². The molecule has 0 amide bonds. The Morgan fingerprint density at radius 2 is 1.95 bits per heavy atom. The SMILES string of the molecule is Cc1cc(C)c(Cn2ccnc2-c2ccnc(N)c2)cn1. The van der Waals surface area contributed by atoms with E-state index in [0.717, 1.165) is 23.6 Å². The van der Waals surface area contributed by atoms with Gasteiger partial charge in [-0.05, 0) is 43.2 Å². The Morgan fingerprint density at radius 3 is 2.71 bits per heavy atom. The molecule has 5 heteroatoms. The molecule has 3 aromatic heterocycles. The summed E-state index contributed by atoms with van der Waals surface area (Å²) < 4.78 is 2.09. The van der Waals surface area contributed by atoms with Crippen LogP contribution in [0.25, 0.3) is 11.4 Å². The van der Waals surface area contributed by atoms with E-state index in [1.807, 2.05) is 31.5 Å². The van der Waals surface area contributed by atoms with E-state index in [1.165, 1.54) is 11.1 Å². The number of nitrogens with zero attached hydrogens (tertiary/aromatic N) is 4. The van der Waals surface area contributed by atoms with Crippen molar-refractivity contribution in [2.24, 2.45) is 0 Å². The number of rotatable bonds is 3. The number of hydrogen-bond donors (Lipinski definition) is 1. The van der Waals surface area contributed by atoms with Crippen LogP contribution in [-0.2, 0) is 6.54 Å². The van der Waals surface area contributed by atoms with Crippen LogP contribution in [0.5, 0.6) is 0 Å². The van der Waals surface area contributed by atoms with Gasteiger partial charge in [0.15, 0.2) is 0 Å². The highest BCUT2D eigenvalue weighted by Crippen LogP contribution is 2.20. The molecule has 0 saturated carbocycles. The number of aromatic nitrogens is 4. The van der Waals surface area contributed by atoms with Gasteiger partial charge < -0.3 is 10.3 Å². The van der Waals surface area contributed by atoms with Crippen molar-refractivity contribution in [3.05, 3.63) is 59.8 Å². The van der Waals surface area contributed by atoms with Crippen LogP contribution in [-0.4, -0.2) is 19.5 Å². The molecule has 3 rings (SSSR count). The minimum Gasteiger partial charge on any atom is -0.384 e. The molecule has 0 bridgehead atoms. The first-order valence-corrected chi connectivity index (χ1v) is 6.78. The van der Waals surface area contributed by atoms with Gasteiger partial charge in [0.2, 0.25) is 0 Å². The van der Waals surface area contributed by atoms with E-state index < -0.39 is 0 Å². The van der Waals surface area contributed by atoms with Crippen LogP contribution in [0.2, 0.25) is 0 Å². The lowest BCUT2D eigenvalue weighted by Gasteiger charge is -2.10. The van der Waals surface area contributed by atoms with E-state index in [0.29, 0.717) is 5.82 Å². The van der Waals surface area contributed by atoms with E-state index in [4.69, 9.17) is 5.73 Å². The number of anilines is 1. The van der Waals surface area contributed by atoms with E-state index in [1.54, 1.807) is 12.4 Å². The van der Waals surface area contributed by atoms with Crippen molar-refractivity contribution in [2.75, 3.05) is 5.73 Å². The largest absolute Gasteiger partial charge is 0.384 e. The number of aryl methyl sites for hydroxylation is 2. The molecule has 3 heterocycles. The molecule has 0 saturated heterocycles. The number of nitrogens with two attached hydrogens (primary N) is 1. The van der Waals surface area contributed by atoms with E-state index >= 15 is 0 Å². The fourth-order valence-corrected chi connectivity index (χ4v) is 2.36.